The predicted octanol–water partition coefficient (Wildman–Crippen LogP) is 6.43. The van der Waals surface area contributed by atoms with E-state index in [2.05, 4.69) is 15.3 Å². The molecule has 0 unspecified atom stereocenters. The molecule has 0 fully saturated rings. The van der Waals surface area contributed by atoms with Crippen LogP contribution in [0, 0.1) is 6.92 Å². The molecule has 5 rings (SSSR count). The van der Waals surface area contributed by atoms with E-state index in [4.69, 9.17) is 13.9 Å². The van der Waals surface area contributed by atoms with E-state index in [-0.39, 0.29) is 17.0 Å². The van der Waals surface area contributed by atoms with Gasteiger partial charge in [-0.05, 0) is 66.9 Å². The SMILES string of the molecule is COc1ccc(N=c2oc3ccc(OC)cc3cc2C(=O)Nc2nc(-c3cccs3)c(C)s2)cc1. The Bertz CT molecular complexity index is 1570. The van der Waals surface area contributed by atoms with Crippen molar-refractivity contribution in [3.8, 4) is 22.1 Å². The molecule has 0 radical (unpaired) electrons. The van der Waals surface area contributed by atoms with Gasteiger partial charge < -0.3 is 13.9 Å². The van der Waals surface area contributed by atoms with Crippen molar-refractivity contribution in [2.75, 3.05) is 19.5 Å². The summed E-state index contributed by atoms with van der Waals surface area (Å²) in [6, 6.07) is 18.3. The Morgan fingerprint density at radius 2 is 1.80 bits per heavy atom. The van der Waals surface area contributed by atoms with E-state index in [1.54, 1.807) is 68.0 Å². The van der Waals surface area contributed by atoms with Crippen molar-refractivity contribution in [3.05, 3.63) is 82.0 Å². The van der Waals surface area contributed by atoms with E-state index in [1.807, 2.05) is 30.5 Å². The lowest BCUT2D eigenvalue weighted by Gasteiger charge is -2.07. The summed E-state index contributed by atoms with van der Waals surface area (Å²) in [5, 5.41) is 6.16. The largest absolute Gasteiger partial charge is 0.497 e. The number of methoxy groups -OCH3 is 2. The zero-order valence-electron chi connectivity index (χ0n) is 19.2. The highest BCUT2D eigenvalue weighted by atomic mass is 32.1. The Morgan fingerprint density at radius 3 is 2.51 bits per heavy atom. The summed E-state index contributed by atoms with van der Waals surface area (Å²) in [6.07, 6.45) is 0. The van der Waals surface area contributed by atoms with Crippen molar-refractivity contribution < 1.29 is 18.7 Å². The number of carbonyl (C=O) groups excluding carboxylic acids is 1. The molecule has 2 aromatic carbocycles. The van der Waals surface area contributed by atoms with E-state index < -0.39 is 0 Å². The molecule has 35 heavy (non-hydrogen) atoms. The molecule has 9 heteroatoms. The molecule has 0 spiro atoms. The number of aromatic nitrogens is 1. The summed E-state index contributed by atoms with van der Waals surface area (Å²) < 4.78 is 16.6. The van der Waals surface area contributed by atoms with E-state index >= 15 is 0 Å². The molecule has 5 aromatic rings. The molecule has 0 atom stereocenters. The monoisotopic (exact) mass is 503 g/mol. The molecule has 0 aliphatic heterocycles. The van der Waals surface area contributed by atoms with Crippen LogP contribution >= 0.6 is 22.7 Å². The van der Waals surface area contributed by atoms with E-state index in [9.17, 15) is 4.79 Å². The van der Waals surface area contributed by atoms with Gasteiger partial charge in [0.15, 0.2) is 5.13 Å². The van der Waals surface area contributed by atoms with E-state index in [0.717, 1.165) is 20.8 Å². The zero-order valence-corrected chi connectivity index (χ0v) is 20.8. The molecule has 176 valence electrons. The minimum absolute atomic E-state index is 0.192. The first-order valence-corrected chi connectivity index (χ1v) is 12.4. The van der Waals surface area contributed by atoms with E-state index in [0.29, 0.717) is 27.9 Å². The Labute approximate surface area is 209 Å². The van der Waals surface area contributed by atoms with Gasteiger partial charge in [-0.15, -0.1) is 22.7 Å². The molecule has 0 saturated heterocycles. The number of rotatable bonds is 6. The predicted molar refractivity (Wildman–Crippen MR) is 139 cm³/mol. The molecule has 0 saturated carbocycles. The Balaban J connectivity index is 1.57. The van der Waals surface area contributed by atoms with Gasteiger partial charge in [0.25, 0.3) is 5.91 Å². The highest BCUT2D eigenvalue weighted by Crippen LogP contribution is 2.33. The second kappa shape index (κ2) is 9.73. The number of nitrogens with zero attached hydrogens (tertiary/aromatic N) is 2. The van der Waals surface area contributed by atoms with Crippen LogP contribution in [0.5, 0.6) is 11.5 Å². The summed E-state index contributed by atoms with van der Waals surface area (Å²) in [4.78, 5) is 24.7. The molecule has 0 bridgehead atoms. The van der Waals surface area contributed by atoms with Gasteiger partial charge in [-0.25, -0.2) is 9.98 Å². The topological polar surface area (TPSA) is 86.0 Å². The van der Waals surface area contributed by atoms with Crippen LogP contribution in [-0.4, -0.2) is 25.1 Å². The zero-order chi connectivity index (χ0) is 24.4. The molecular formula is C26H21N3O4S2. The molecule has 3 aromatic heterocycles. The third kappa shape index (κ3) is 4.82. The fraction of sp³-hybridized carbons (Fsp3) is 0.115. The van der Waals surface area contributed by atoms with Crippen LogP contribution in [0.4, 0.5) is 10.8 Å². The van der Waals surface area contributed by atoms with E-state index in [1.165, 1.54) is 11.3 Å². The summed E-state index contributed by atoms with van der Waals surface area (Å²) in [5.74, 6) is 1.01. The average molecular weight is 504 g/mol. The van der Waals surface area contributed by atoms with Crippen LogP contribution in [0.2, 0.25) is 0 Å². The molecule has 0 aliphatic carbocycles. The molecule has 0 aliphatic rings. The van der Waals surface area contributed by atoms with Gasteiger partial charge in [0.1, 0.15) is 22.6 Å². The first-order chi connectivity index (χ1) is 17.0. The highest BCUT2D eigenvalue weighted by molar-refractivity contribution is 7.17. The van der Waals surface area contributed by atoms with Crippen molar-refractivity contribution >= 4 is 50.4 Å². The highest BCUT2D eigenvalue weighted by Gasteiger charge is 2.17. The van der Waals surface area contributed by atoms with Crippen molar-refractivity contribution in [2.24, 2.45) is 4.99 Å². The number of benzene rings is 2. The van der Waals surface area contributed by atoms with Gasteiger partial charge in [0, 0.05) is 10.3 Å². The third-order valence-corrected chi connectivity index (χ3v) is 7.04. The fourth-order valence-corrected chi connectivity index (χ4v) is 5.17. The second-order valence-electron chi connectivity index (χ2n) is 7.53. The standard InChI is InChI=1S/C26H21N3O4S2/c1-15-23(22-5-4-12-34-22)28-26(35-15)29-24(30)20-14-16-13-19(32-3)10-11-21(16)33-25(20)27-17-6-8-18(31-2)9-7-17/h4-14H,1-3H3,(H,28,29,30). The molecule has 3 heterocycles. The number of nitrogens with one attached hydrogen (secondary N) is 1. The minimum Gasteiger partial charge on any atom is -0.497 e. The second-order valence-corrected chi connectivity index (χ2v) is 9.68. The molecule has 7 nitrogen and oxygen atoms in total. The van der Waals surface area contributed by atoms with Gasteiger partial charge in [-0.1, -0.05) is 6.07 Å². The van der Waals surface area contributed by atoms with Gasteiger partial charge in [-0.3, -0.25) is 10.1 Å². The third-order valence-electron chi connectivity index (χ3n) is 5.27. The lowest BCUT2D eigenvalue weighted by Crippen LogP contribution is -2.21. The van der Waals surface area contributed by atoms with Gasteiger partial charge in [-0.2, -0.15) is 0 Å². The van der Waals surface area contributed by atoms with Crippen LogP contribution in [0.25, 0.3) is 21.5 Å². The number of ether oxygens (including phenoxy) is 2. The number of thiophene rings is 1. The number of hydrogen-bond donors (Lipinski definition) is 1. The van der Waals surface area contributed by atoms with Crippen LogP contribution < -0.4 is 20.3 Å². The lowest BCUT2D eigenvalue weighted by molar-refractivity contribution is 0.102. The Hall–Kier alpha value is -3.95. The first kappa shape index (κ1) is 22.8. The quantitative estimate of drug-likeness (QED) is 0.289. The summed E-state index contributed by atoms with van der Waals surface area (Å²) in [5.41, 5.74) is 2.56. The summed E-state index contributed by atoms with van der Waals surface area (Å²) in [6.45, 7) is 1.99. The molecular weight excluding hydrogens is 482 g/mol. The van der Waals surface area contributed by atoms with Gasteiger partial charge in [0.2, 0.25) is 5.55 Å². The van der Waals surface area contributed by atoms with Crippen LogP contribution in [0.15, 0.2) is 75.5 Å². The number of fused-ring (bicyclic) bond motifs is 1. The number of hydrogen-bond acceptors (Lipinski definition) is 8. The molecule has 1 amide bonds. The van der Waals surface area contributed by atoms with Crippen LogP contribution in [0.3, 0.4) is 0 Å². The van der Waals surface area contributed by atoms with Crippen molar-refractivity contribution in [1.29, 1.82) is 0 Å². The smallest absolute Gasteiger partial charge is 0.262 e. The minimum atomic E-state index is -0.364. The number of thiazole rings is 1. The number of aryl methyl sites for hydroxylation is 1. The van der Waals surface area contributed by atoms with Crippen molar-refractivity contribution in [3.63, 3.8) is 0 Å². The maximum Gasteiger partial charge on any atom is 0.262 e. The Kier molecular flexibility index (Phi) is 6.35. The Morgan fingerprint density at radius 1 is 1.03 bits per heavy atom. The number of amides is 1. The maximum absolute atomic E-state index is 13.4. The summed E-state index contributed by atoms with van der Waals surface area (Å²) >= 11 is 3.04. The summed E-state index contributed by atoms with van der Waals surface area (Å²) in [7, 11) is 3.20. The van der Waals surface area contributed by atoms with Gasteiger partial charge >= 0.3 is 0 Å². The van der Waals surface area contributed by atoms with Crippen molar-refractivity contribution in [2.45, 2.75) is 6.92 Å². The lowest BCUT2D eigenvalue weighted by atomic mass is 10.1. The van der Waals surface area contributed by atoms with Gasteiger partial charge in [0.05, 0.1) is 30.5 Å². The maximum atomic E-state index is 13.4. The average Bonchev–Trinajstić information content (AvgIpc) is 3.53. The van der Waals surface area contributed by atoms with Crippen LogP contribution in [0.1, 0.15) is 15.2 Å². The fourth-order valence-electron chi connectivity index (χ4n) is 3.51. The number of anilines is 1. The first-order valence-electron chi connectivity index (χ1n) is 10.7. The van der Waals surface area contributed by atoms with Crippen LogP contribution in [-0.2, 0) is 0 Å². The van der Waals surface area contributed by atoms with Crippen molar-refractivity contribution in [1.82, 2.24) is 4.98 Å². The number of carbonyl (C=O) groups is 1. The molecule has 1 N–H and O–H groups in total. The normalized spacial score (nSPS) is 11.6.